The molecule has 1 aliphatic heterocycles. The van der Waals surface area contributed by atoms with Crippen LogP contribution < -0.4 is 10.6 Å². The second-order valence-electron chi connectivity index (χ2n) is 9.77. The van der Waals surface area contributed by atoms with Gasteiger partial charge in [-0.25, -0.2) is 0 Å². The summed E-state index contributed by atoms with van der Waals surface area (Å²) < 4.78 is 25.2. The Morgan fingerprint density at radius 1 is 1.12 bits per heavy atom. The van der Waals surface area contributed by atoms with Crippen molar-refractivity contribution in [2.75, 3.05) is 18.4 Å². The predicted molar refractivity (Wildman–Crippen MR) is 151 cm³/mol. The highest BCUT2D eigenvalue weighted by molar-refractivity contribution is 5.96. The van der Waals surface area contributed by atoms with E-state index >= 15 is 0 Å². The number of hydrogen-bond donors (Lipinski definition) is 5. The highest BCUT2D eigenvalue weighted by Gasteiger charge is 2.32. The fourth-order valence-electron chi connectivity index (χ4n) is 4.15. The first kappa shape index (κ1) is 30.2. The van der Waals surface area contributed by atoms with E-state index in [1.54, 1.807) is 36.1 Å². The van der Waals surface area contributed by atoms with Crippen LogP contribution in [-0.4, -0.2) is 64.3 Å². The van der Waals surface area contributed by atoms with Crippen molar-refractivity contribution in [3.63, 3.8) is 0 Å². The molecule has 10 heteroatoms. The Morgan fingerprint density at radius 2 is 1.85 bits per heavy atom. The molecule has 0 aromatic heterocycles. The molecule has 0 spiro atoms. The van der Waals surface area contributed by atoms with Crippen molar-refractivity contribution in [2.45, 2.75) is 44.8 Å². The number of nitrogens with one attached hydrogen (secondary N) is 3. The Kier molecular flexibility index (Phi) is 10.3. The number of aliphatic hydroxyl groups is 1. The number of aromatic hydroxyl groups is 1. The maximum atomic E-state index is 12.6. The molecular formula is C30H34F2N4O4. The summed E-state index contributed by atoms with van der Waals surface area (Å²) in [7, 11) is 0. The minimum Gasteiger partial charge on any atom is -0.508 e. The van der Waals surface area contributed by atoms with Crippen molar-refractivity contribution in [1.29, 1.82) is 5.41 Å². The number of phenols is 1. The average Bonchev–Trinajstić information content (AvgIpc) is 3.36. The highest BCUT2D eigenvalue weighted by atomic mass is 19.3. The third-order valence-electron chi connectivity index (χ3n) is 6.19. The minimum absolute atomic E-state index is 0.0931. The summed E-state index contributed by atoms with van der Waals surface area (Å²) in [5, 5.41) is 31.9. The third kappa shape index (κ3) is 8.88. The van der Waals surface area contributed by atoms with Crippen LogP contribution in [0.5, 0.6) is 5.75 Å². The first-order valence-corrected chi connectivity index (χ1v) is 12.9. The van der Waals surface area contributed by atoms with E-state index in [0.717, 1.165) is 17.5 Å². The number of likely N-dealkylation sites (tertiary alicyclic amines) is 1. The molecule has 2 atom stereocenters. The lowest BCUT2D eigenvalue weighted by molar-refractivity contribution is -0.143. The van der Waals surface area contributed by atoms with Gasteiger partial charge in [-0.1, -0.05) is 36.4 Å². The third-order valence-corrected chi connectivity index (χ3v) is 6.19. The summed E-state index contributed by atoms with van der Waals surface area (Å²) in [6.45, 7) is 3.23. The zero-order chi connectivity index (χ0) is 29.3. The van der Waals surface area contributed by atoms with Gasteiger partial charge in [-0.15, -0.1) is 0 Å². The molecule has 3 aromatic rings. The van der Waals surface area contributed by atoms with Crippen LogP contribution in [0.25, 0.3) is 0 Å². The molecule has 0 bridgehead atoms. The van der Waals surface area contributed by atoms with Gasteiger partial charge in [-0.3, -0.25) is 9.59 Å². The zero-order valence-electron chi connectivity index (χ0n) is 22.4. The van der Waals surface area contributed by atoms with E-state index in [1.165, 1.54) is 12.1 Å². The average molecular weight is 553 g/mol. The zero-order valence-corrected chi connectivity index (χ0v) is 22.4. The van der Waals surface area contributed by atoms with E-state index in [0.29, 0.717) is 49.7 Å². The summed E-state index contributed by atoms with van der Waals surface area (Å²) in [6.07, 6.45) is 1.87. The standard InChI is InChI=1S/C18H19N3O3.C12H15F2NO/c19-10-13-9-15(22)4-5-17(13)20-14-3-1-2-12(8-14)18(24)21-7-6-16(23)11-21;1-9(15-11(16)12(2,13)14)8-10-6-4-3-5-7-10/h1-5,8-10,16,19-20,22-23H,6-7,11H2;3-7,9H,8H2,1-2H3,(H,15,16). The van der Waals surface area contributed by atoms with Gasteiger partial charge in [0, 0.05) is 54.8 Å². The topological polar surface area (TPSA) is 126 Å². The van der Waals surface area contributed by atoms with Crippen LogP contribution in [0, 0.1) is 5.41 Å². The summed E-state index contributed by atoms with van der Waals surface area (Å²) in [5.74, 6) is -4.55. The number of carbonyl (C=O) groups is 2. The maximum absolute atomic E-state index is 12.6. The Morgan fingerprint density at radius 3 is 2.48 bits per heavy atom. The molecule has 212 valence electrons. The molecule has 1 heterocycles. The first-order valence-electron chi connectivity index (χ1n) is 12.9. The lowest BCUT2D eigenvalue weighted by atomic mass is 10.1. The number of halogens is 2. The van der Waals surface area contributed by atoms with E-state index < -0.39 is 17.9 Å². The van der Waals surface area contributed by atoms with Gasteiger partial charge in [0.15, 0.2) is 0 Å². The van der Waals surface area contributed by atoms with Gasteiger partial charge in [0.1, 0.15) is 5.75 Å². The van der Waals surface area contributed by atoms with Gasteiger partial charge in [-0.2, -0.15) is 8.78 Å². The number of phenolic OH excluding ortho intramolecular Hbond substituents is 1. The van der Waals surface area contributed by atoms with Crippen LogP contribution in [0.4, 0.5) is 20.2 Å². The molecule has 4 rings (SSSR count). The van der Waals surface area contributed by atoms with Crippen LogP contribution in [0.2, 0.25) is 0 Å². The molecule has 8 nitrogen and oxygen atoms in total. The monoisotopic (exact) mass is 552 g/mol. The SMILES string of the molecule is CC(Cc1ccccc1)NC(=O)C(C)(F)F.N=Cc1cc(O)ccc1Nc1cccc(C(=O)N2CCC(O)C2)c1. The molecule has 1 aliphatic rings. The van der Waals surface area contributed by atoms with Crippen molar-refractivity contribution >= 4 is 29.4 Å². The number of β-amino-alcohol motifs (C(OH)–C–C–N with tert-alkyl or cyclic N) is 1. The molecule has 3 aromatic carbocycles. The molecule has 2 unspecified atom stereocenters. The number of anilines is 2. The second kappa shape index (κ2) is 13.7. The number of amides is 2. The van der Waals surface area contributed by atoms with Crippen LogP contribution in [0.3, 0.4) is 0 Å². The smallest absolute Gasteiger partial charge is 0.321 e. The van der Waals surface area contributed by atoms with Crippen LogP contribution >= 0.6 is 0 Å². The predicted octanol–water partition coefficient (Wildman–Crippen LogP) is 4.73. The van der Waals surface area contributed by atoms with Crippen molar-refractivity contribution in [3.05, 3.63) is 89.5 Å². The van der Waals surface area contributed by atoms with Gasteiger partial charge in [-0.05, 0) is 61.7 Å². The Balaban J connectivity index is 0.000000241. The summed E-state index contributed by atoms with van der Waals surface area (Å²) >= 11 is 0. The van der Waals surface area contributed by atoms with Gasteiger partial charge >= 0.3 is 5.92 Å². The number of aliphatic hydroxyl groups excluding tert-OH is 1. The van der Waals surface area contributed by atoms with E-state index in [2.05, 4.69) is 10.6 Å². The maximum Gasteiger partial charge on any atom is 0.321 e. The largest absolute Gasteiger partial charge is 0.508 e. The number of alkyl halides is 2. The molecule has 0 aliphatic carbocycles. The minimum atomic E-state index is -3.31. The number of benzene rings is 3. The molecule has 1 saturated heterocycles. The lowest BCUT2D eigenvalue weighted by Gasteiger charge is -2.17. The molecule has 0 radical (unpaired) electrons. The lowest BCUT2D eigenvalue weighted by Crippen LogP contribution is -2.43. The van der Waals surface area contributed by atoms with E-state index in [4.69, 9.17) is 5.41 Å². The summed E-state index contributed by atoms with van der Waals surface area (Å²) in [6, 6.07) is 20.9. The summed E-state index contributed by atoms with van der Waals surface area (Å²) in [4.78, 5) is 25.1. The van der Waals surface area contributed by atoms with Gasteiger partial charge in [0.05, 0.1) is 6.10 Å². The van der Waals surface area contributed by atoms with Gasteiger partial charge in [0.2, 0.25) is 0 Å². The molecule has 40 heavy (non-hydrogen) atoms. The fourth-order valence-corrected chi connectivity index (χ4v) is 4.15. The van der Waals surface area contributed by atoms with Crippen LogP contribution in [-0.2, 0) is 11.2 Å². The molecular weight excluding hydrogens is 518 g/mol. The van der Waals surface area contributed by atoms with Gasteiger partial charge < -0.3 is 31.2 Å². The summed E-state index contributed by atoms with van der Waals surface area (Å²) in [5.41, 5.74) is 3.49. The second-order valence-corrected chi connectivity index (χ2v) is 9.77. The normalized spacial score (nSPS) is 15.4. The Labute approximate surface area is 232 Å². The fraction of sp³-hybridized carbons (Fsp3) is 0.300. The van der Waals surface area contributed by atoms with Crippen LogP contribution in [0.15, 0.2) is 72.8 Å². The quantitative estimate of drug-likeness (QED) is 0.204. The van der Waals surface area contributed by atoms with Gasteiger partial charge in [0.25, 0.3) is 11.8 Å². The highest BCUT2D eigenvalue weighted by Crippen LogP contribution is 2.25. The van der Waals surface area contributed by atoms with Crippen LogP contribution in [0.1, 0.15) is 41.8 Å². The van der Waals surface area contributed by atoms with E-state index in [9.17, 15) is 28.6 Å². The first-order chi connectivity index (χ1) is 19.0. The number of nitrogens with zero attached hydrogens (tertiary/aromatic N) is 1. The van der Waals surface area contributed by atoms with Crippen molar-refractivity contribution < 1.29 is 28.6 Å². The number of carbonyl (C=O) groups excluding carboxylic acids is 2. The molecule has 1 fully saturated rings. The Hall–Kier alpha value is -4.31. The van der Waals surface area contributed by atoms with Crippen molar-refractivity contribution in [3.8, 4) is 5.75 Å². The van der Waals surface area contributed by atoms with E-state index in [1.807, 2.05) is 36.4 Å². The number of rotatable bonds is 8. The molecule has 5 N–H and O–H groups in total. The van der Waals surface area contributed by atoms with Crippen molar-refractivity contribution in [2.24, 2.45) is 0 Å². The van der Waals surface area contributed by atoms with E-state index in [-0.39, 0.29) is 17.7 Å². The van der Waals surface area contributed by atoms with Crippen molar-refractivity contribution in [1.82, 2.24) is 10.2 Å². The molecule has 0 saturated carbocycles. The number of hydrogen-bond acceptors (Lipinski definition) is 6. The molecule has 2 amide bonds. The Bertz CT molecular complexity index is 1310.